The third-order valence-electron chi connectivity index (χ3n) is 2.36. The Morgan fingerprint density at radius 3 is 2.88 bits per heavy atom. The Kier molecular flexibility index (Phi) is 2.90. The van der Waals surface area contributed by atoms with Crippen LogP contribution in [0.1, 0.15) is 6.92 Å². The molecule has 2 rings (SSSR count). The van der Waals surface area contributed by atoms with E-state index in [1.54, 1.807) is 24.0 Å². The first-order valence-electron chi connectivity index (χ1n) is 5.20. The minimum Gasteiger partial charge on any atom is -0.371 e. The maximum absolute atomic E-state index is 14.0. The highest BCUT2D eigenvalue weighted by Crippen LogP contribution is 2.25. The third kappa shape index (κ3) is 1.91. The molecule has 3 N–H and O–H groups in total. The Bertz CT molecular complexity index is 536. The van der Waals surface area contributed by atoms with Gasteiger partial charge in [-0.25, -0.2) is 9.37 Å². The maximum atomic E-state index is 14.0. The van der Waals surface area contributed by atoms with E-state index in [9.17, 15) is 4.39 Å². The number of rotatable bonds is 3. The second-order valence-corrected chi connectivity index (χ2v) is 3.38. The van der Waals surface area contributed by atoms with Crippen LogP contribution < -0.4 is 11.1 Å². The van der Waals surface area contributed by atoms with Crippen LogP contribution in [0.3, 0.4) is 0 Å². The quantitative estimate of drug-likeness (QED) is 0.834. The summed E-state index contributed by atoms with van der Waals surface area (Å²) in [6.07, 6.45) is 1.59. The van der Waals surface area contributed by atoms with Gasteiger partial charge in [-0.15, -0.1) is 0 Å². The number of nitrogens with zero attached hydrogens (tertiary/aromatic N) is 4. The normalized spacial score (nSPS) is 10.5. The van der Waals surface area contributed by atoms with Crippen LogP contribution in [0.4, 0.5) is 16.2 Å². The maximum Gasteiger partial charge on any atom is 0.222 e. The van der Waals surface area contributed by atoms with E-state index in [1.165, 1.54) is 0 Å². The van der Waals surface area contributed by atoms with Crippen molar-refractivity contribution >= 4 is 11.8 Å². The number of nitrogens with two attached hydrogens (primary N) is 1. The topological polar surface area (TPSA) is 81.7 Å². The third-order valence-corrected chi connectivity index (χ3v) is 2.36. The minimum atomic E-state index is -0.531. The molecule has 0 saturated carbocycles. The van der Waals surface area contributed by atoms with Gasteiger partial charge in [0.15, 0.2) is 11.6 Å². The van der Waals surface area contributed by atoms with Crippen LogP contribution in [0.15, 0.2) is 12.3 Å². The summed E-state index contributed by atoms with van der Waals surface area (Å²) in [5.74, 6) is -0.428. The second-order valence-electron chi connectivity index (χ2n) is 3.38. The van der Waals surface area contributed by atoms with Crippen molar-refractivity contribution in [3.63, 3.8) is 0 Å². The summed E-state index contributed by atoms with van der Waals surface area (Å²) in [5.41, 5.74) is 6.28. The lowest BCUT2D eigenvalue weighted by Crippen LogP contribution is -2.08. The van der Waals surface area contributed by atoms with Crippen molar-refractivity contribution in [2.75, 3.05) is 18.1 Å². The molecule has 0 fully saturated rings. The van der Waals surface area contributed by atoms with Gasteiger partial charge in [0.2, 0.25) is 5.95 Å². The van der Waals surface area contributed by atoms with Gasteiger partial charge in [-0.05, 0) is 13.0 Å². The lowest BCUT2D eigenvalue weighted by molar-refractivity contribution is 0.613. The summed E-state index contributed by atoms with van der Waals surface area (Å²) >= 11 is 0. The summed E-state index contributed by atoms with van der Waals surface area (Å²) in [6.45, 7) is 2.54. The minimum absolute atomic E-state index is 0.0228. The van der Waals surface area contributed by atoms with Gasteiger partial charge in [0.05, 0.1) is 5.69 Å². The van der Waals surface area contributed by atoms with Crippen molar-refractivity contribution in [2.45, 2.75) is 13.5 Å². The first kappa shape index (κ1) is 11.3. The van der Waals surface area contributed by atoms with Crippen LogP contribution in [-0.2, 0) is 6.54 Å². The van der Waals surface area contributed by atoms with Gasteiger partial charge in [0.25, 0.3) is 0 Å². The zero-order valence-corrected chi connectivity index (χ0v) is 9.61. The highest BCUT2D eigenvalue weighted by molar-refractivity contribution is 5.62. The molecule has 17 heavy (non-hydrogen) atoms. The molecule has 0 unspecified atom stereocenters. The molecule has 0 atom stereocenters. The number of aromatic nitrogens is 4. The zero-order chi connectivity index (χ0) is 12.4. The van der Waals surface area contributed by atoms with E-state index in [1.807, 2.05) is 6.92 Å². The van der Waals surface area contributed by atoms with E-state index in [-0.39, 0.29) is 17.5 Å². The predicted octanol–water partition coefficient (Wildman–Crippen LogP) is 1.12. The summed E-state index contributed by atoms with van der Waals surface area (Å²) in [5, 5.41) is 6.71. The smallest absolute Gasteiger partial charge is 0.222 e. The van der Waals surface area contributed by atoms with E-state index < -0.39 is 5.82 Å². The molecule has 2 aromatic rings. The van der Waals surface area contributed by atoms with Gasteiger partial charge < -0.3 is 11.1 Å². The SMILES string of the molecule is CCn1nccc1-c1nc(N)nc(NC)c1F. The molecule has 6 nitrogen and oxygen atoms in total. The summed E-state index contributed by atoms with van der Waals surface area (Å²) in [6, 6.07) is 1.69. The van der Waals surface area contributed by atoms with Gasteiger partial charge in [-0.3, -0.25) is 4.68 Å². The molecule has 0 aliphatic rings. The van der Waals surface area contributed by atoms with Crippen molar-refractivity contribution in [3.8, 4) is 11.4 Å². The fourth-order valence-corrected chi connectivity index (χ4v) is 1.59. The molecule has 90 valence electrons. The fraction of sp³-hybridized carbons (Fsp3) is 0.300. The highest BCUT2D eigenvalue weighted by Gasteiger charge is 2.17. The monoisotopic (exact) mass is 236 g/mol. The largest absolute Gasteiger partial charge is 0.371 e. The van der Waals surface area contributed by atoms with Gasteiger partial charge in [-0.2, -0.15) is 10.1 Å². The second kappa shape index (κ2) is 4.36. The number of anilines is 2. The van der Waals surface area contributed by atoms with Crippen LogP contribution in [0.2, 0.25) is 0 Å². The number of nitrogen functional groups attached to an aromatic ring is 1. The zero-order valence-electron chi connectivity index (χ0n) is 9.61. The van der Waals surface area contributed by atoms with Gasteiger partial charge in [-0.1, -0.05) is 0 Å². The van der Waals surface area contributed by atoms with Crippen LogP contribution in [0.25, 0.3) is 11.4 Å². The summed E-state index contributed by atoms with van der Waals surface area (Å²) in [7, 11) is 1.58. The average molecular weight is 236 g/mol. The Labute approximate surface area is 97.7 Å². The summed E-state index contributed by atoms with van der Waals surface area (Å²) in [4.78, 5) is 7.69. The molecule has 0 aliphatic carbocycles. The molecular formula is C10H13FN6. The molecule has 0 aromatic carbocycles. The molecule has 0 saturated heterocycles. The highest BCUT2D eigenvalue weighted by atomic mass is 19.1. The molecule has 2 aromatic heterocycles. The average Bonchev–Trinajstić information content (AvgIpc) is 2.79. The van der Waals surface area contributed by atoms with Gasteiger partial charge >= 0.3 is 0 Å². The van der Waals surface area contributed by atoms with Crippen molar-refractivity contribution in [1.82, 2.24) is 19.7 Å². The number of hydrogen-bond acceptors (Lipinski definition) is 5. The Balaban J connectivity index is 2.63. The Morgan fingerprint density at radius 2 is 2.24 bits per heavy atom. The molecule has 0 spiro atoms. The van der Waals surface area contributed by atoms with E-state index in [0.29, 0.717) is 12.2 Å². The number of nitrogens with one attached hydrogen (secondary N) is 1. The summed E-state index contributed by atoms with van der Waals surface area (Å²) < 4.78 is 15.7. The molecule has 0 amide bonds. The molecular weight excluding hydrogens is 223 g/mol. The predicted molar refractivity (Wildman–Crippen MR) is 62.8 cm³/mol. The van der Waals surface area contributed by atoms with Gasteiger partial charge in [0.1, 0.15) is 5.69 Å². The van der Waals surface area contributed by atoms with Crippen molar-refractivity contribution in [2.24, 2.45) is 0 Å². The lowest BCUT2D eigenvalue weighted by Gasteiger charge is -2.08. The molecule has 7 heteroatoms. The van der Waals surface area contributed by atoms with E-state index in [2.05, 4.69) is 20.4 Å². The molecule has 0 bridgehead atoms. The molecule has 0 aliphatic heterocycles. The van der Waals surface area contributed by atoms with Crippen molar-refractivity contribution in [3.05, 3.63) is 18.1 Å². The Morgan fingerprint density at radius 1 is 1.47 bits per heavy atom. The van der Waals surface area contributed by atoms with E-state index in [0.717, 1.165) is 0 Å². The van der Waals surface area contributed by atoms with Crippen LogP contribution in [-0.4, -0.2) is 26.8 Å². The standard InChI is InChI=1S/C10H13FN6/c1-3-17-6(4-5-14-17)8-7(11)9(13-2)16-10(12)15-8/h4-5H,3H2,1-2H3,(H3,12,13,15,16). The number of halogens is 1. The first-order valence-corrected chi connectivity index (χ1v) is 5.20. The van der Waals surface area contributed by atoms with Crippen LogP contribution >= 0.6 is 0 Å². The van der Waals surface area contributed by atoms with Gasteiger partial charge in [0, 0.05) is 19.8 Å². The van der Waals surface area contributed by atoms with Crippen molar-refractivity contribution < 1.29 is 4.39 Å². The van der Waals surface area contributed by atoms with Crippen molar-refractivity contribution in [1.29, 1.82) is 0 Å². The van der Waals surface area contributed by atoms with Crippen LogP contribution in [0, 0.1) is 5.82 Å². The lowest BCUT2D eigenvalue weighted by atomic mass is 10.2. The van der Waals surface area contributed by atoms with E-state index in [4.69, 9.17) is 5.73 Å². The number of hydrogen-bond donors (Lipinski definition) is 2. The molecule has 2 heterocycles. The van der Waals surface area contributed by atoms with E-state index >= 15 is 0 Å². The fourth-order valence-electron chi connectivity index (χ4n) is 1.59. The molecule has 0 radical (unpaired) electrons. The first-order chi connectivity index (χ1) is 8.17. The number of aryl methyl sites for hydroxylation is 1. The Hall–Kier alpha value is -2.18. The van der Waals surface area contributed by atoms with Crippen LogP contribution in [0.5, 0.6) is 0 Å².